The third kappa shape index (κ3) is 2.53. The van der Waals surface area contributed by atoms with Crippen LogP contribution in [0.3, 0.4) is 0 Å². The van der Waals surface area contributed by atoms with Crippen LogP contribution in [0.5, 0.6) is 0 Å². The van der Waals surface area contributed by atoms with Crippen molar-refractivity contribution in [3.05, 3.63) is 61.0 Å². The summed E-state index contributed by atoms with van der Waals surface area (Å²) in [5.41, 5.74) is 2.16. The molecular formula is C13H9FInO. The second-order valence-corrected chi connectivity index (χ2v) is 7.22. The molecular weight excluding hydrogens is 306 g/mol. The maximum absolute atomic E-state index is 12.8. The molecule has 1 aromatic carbocycles. The maximum atomic E-state index is 12.8. The predicted molar refractivity (Wildman–Crippen MR) is 63.4 cm³/mol. The Morgan fingerprint density at radius 1 is 1.19 bits per heavy atom. The fourth-order valence-corrected chi connectivity index (χ4v) is 4.93. The van der Waals surface area contributed by atoms with Crippen LogP contribution in [0.25, 0.3) is 5.57 Å². The van der Waals surface area contributed by atoms with Gasteiger partial charge in [-0.15, -0.1) is 0 Å². The van der Waals surface area contributed by atoms with E-state index >= 15 is 0 Å². The molecule has 0 amide bonds. The summed E-state index contributed by atoms with van der Waals surface area (Å²) in [6.45, 7) is 0. The minimum absolute atomic E-state index is 0.224. The average Bonchev–Trinajstić information content (AvgIpc) is 2.75. The summed E-state index contributed by atoms with van der Waals surface area (Å²) in [4.78, 5) is 10.3. The molecule has 1 radical (unpaired) electrons. The molecule has 0 aromatic heterocycles. The quantitative estimate of drug-likeness (QED) is 0.619. The Kier molecular flexibility index (Phi) is 3.78. The molecule has 0 fully saturated rings. The third-order valence-corrected chi connectivity index (χ3v) is 5.92. The zero-order chi connectivity index (χ0) is 11.4. The van der Waals surface area contributed by atoms with Gasteiger partial charge in [-0.25, -0.2) is 0 Å². The van der Waals surface area contributed by atoms with Crippen LogP contribution in [0.4, 0.5) is 4.39 Å². The van der Waals surface area contributed by atoms with Crippen molar-refractivity contribution in [3.8, 4) is 0 Å². The molecule has 0 N–H and O–H groups in total. The van der Waals surface area contributed by atoms with Crippen LogP contribution in [0.1, 0.15) is 5.56 Å². The monoisotopic (exact) mass is 315 g/mol. The van der Waals surface area contributed by atoms with E-state index in [4.69, 9.17) is 0 Å². The van der Waals surface area contributed by atoms with E-state index < -0.39 is 22.9 Å². The van der Waals surface area contributed by atoms with Crippen molar-refractivity contribution in [1.82, 2.24) is 0 Å². The number of carbonyl (C=O) groups is 1. The van der Waals surface area contributed by atoms with Crippen molar-refractivity contribution in [2.24, 2.45) is 0 Å². The van der Waals surface area contributed by atoms with E-state index in [0.29, 0.717) is 0 Å². The number of carbonyl (C=O) groups excluding carboxylic acids is 1. The van der Waals surface area contributed by atoms with Gasteiger partial charge in [0.25, 0.3) is 0 Å². The van der Waals surface area contributed by atoms with Crippen molar-refractivity contribution < 1.29 is 9.18 Å². The van der Waals surface area contributed by atoms with Gasteiger partial charge in [-0.05, 0) is 0 Å². The second kappa shape index (κ2) is 5.30. The van der Waals surface area contributed by atoms with Gasteiger partial charge in [0.2, 0.25) is 0 Å². The number of hydrogen-bond acceptors (Lipinski definition) is 1. The van der Waals surface area contributed by atoms with Gasteiger partial charge in [0.05, 0.1) is 0 Å². The van der Waals surface area contributed by atoms with Crippen LogP contribution < -0.4 is 0 Å². The molecule has 77 valence electrons. The number of halogens is 1. The average molecular weight is 315 g/mol. The topological polar surface area (TPSA) is 17.1 Å². The Hall–Kier alpha value is -1.09. The van der Waals surface area contributed by atoms with Crippen molar-refractivity contribution in [1.29, 1.82) is 0 Å². The second-order valence-electron chi connectivity index (χ2n) is 3.40. The van der Waals surface area contributed by atoms with Gasteiger partial charge in [0.1, 0.15) is 0 Å². The van der Waals surface area contributed by atoms with Gasteiger partial charge in [-0.2, -0.15) is 0 Å². The summed E-state index contributed by atoms with van der Waals surface area (Å²) in [6, 6.07) is 6.47. The van der Waals surface area contributed by atoms with Crippen LogP contribution in [-0.4, -0.2) is 29.2 Å². The molecule has 0 unspecified atom stereocenters. The van der Waals surface area contributed by atoms with E-state index in [1.165, 1.54) is 21.5 Å². The summed E-state index contributed by atoms with van der Waals surface area (Å²) in [6.07, 6.45) is 6.28. The zero-order valence-corrected chi connectivity index (χ0v) is 11.9. The molecule has 1 aliphatic rings. The summed E-state index contributed by atoms with van der Waals surface area (Å²) in [5, 5.41) is 0. The van der Waals surface area contributed by atoms with Gasteiger partial charge in [0.15, 0.2) is 0 Å². The molecule has 1 aliphatic heterocycles. The normalized spacial score (nSPS) is 14.6. The van der Waals surface area contributed by atoms with E-state index in [9.17, 15) is 9.18 Å². The van der Waals surface area contributed by atoms with E-state index in [-0.39, 0.29) is 5.82 Å². The summed E-state index contributed by atoms with van der Waals surface area (Å²) >= 11 is -0.854. The number of rotatable bonds is 3. The Bertz CT molecular complexity index is 483. The van der Waals surface area contributed by atoms with Gasteiger partial charge in [-0.3, -0.25) is 0 Å². The Labute approximate surface area is 105 Å². The van der Waals surface area contributed by atoms with E-state index in [0.717, 1.165) is 17.4 Å². The van der Waals surface area contributed by atoms with Crippen LogP contribution in [0.2, 0.25) is 0 Å². The van der Waals surface area contributed by atoms with Crippen molar-refractivity contribution in [2.75, 3.05) is 0 Å². The van der Waals surface area contributed by atoms with Crippen molar-refractivity contribution in [2.45, 2.75) is 0 Å². The zero-order valence-electron chi connectivity index (χ0n) is 8.56. The van der Waals surface area contributed by atoms with Gasteiger partial charge in [0, 0.05) is 0 Å². The molecule has 0 bridgehead atoms. The molecule has 16 heavy (non-hydrogen) atoms. The third-order valence-electron chi connectivity index (χ3n) is 2.36. The van der Waals surface area contributed by atoms with Gasteiger partial charge in [-0.1, -0.05) is 0 Å². The first-order valence-electron chi connectivity index (χ1n) is 4.95. The molecule has 0 aliphatic carbocycles. The number of benzene rings is 1. The first-order chi connectivity index (χ1) is 7.81. The van der Waals surface area contributed by atoms with Crippen LogP contribution in [0, 0.1) is 5.82 Å². The number of hydrogen-bond donors (Lipinski definition) is 0. The fourth-order valence-electron chi connectivity index (χ4n) is 1.61. The van der Waals surface area contributed by atoms with E-state index in [1.54, 1.807) is 12.1 Å². The molecule has 3 heteroatoms. The van der Waals surface area contributed by atoms with Crippen LogP contribution in [-0.2, 0) is 4.79 Å². The summed E-state index contributed by atoms with van der Waals surface area (Å²) in [7, 11) is 0. The standard InChI is InChI=1S/C13H9FO.In/c1-2-11(5-3-4-10-15)12-6-8-13(14)9-7-12;/h1-4,6-10H;/b2-1?,4-3+,11-5?;. The predicted octanol–water partition coefficient (Wildman–Crippen LogP) is 2.52. The first kappa shape index (κ1) is 11.4. The van der Waals surface area contributed by atoms with Gasteiger partial charge >= 0.3 is 105 Å². The molecule has 0 saturated heterocycles. The fraction of sp³-hybridized carbons (Fsp3) is 0. The number of aldehydes is 1. The van der Waals surface area contributed by atoms with Crippen molar-refractivity contribution >= 4 is 34.8 Å². The molecule has 1 nitrogen and oxygen atoms in total. The van der Waals surface area contributed by atoms with Crippen LogP contribution in [0.15, 0.2) is 49.7 Å². The minimum atomic E-state index is -0.854. The Balaban J connectivity index is 2.37. The molecule has 0 saturated carbocycles. The Morgan fingerprint density at radius 2 is 1.94 bits per heavy atom. The first-order valence-corrected chi connectivity index (χ1v) is 8.50. The van der Waals surface area contributed by atoms with Crippen molar-refractivity contribution in [3.63, 3.8) is 0 Å². The molecule has 0 atom stereocenters. The molecule has 1 heterocycles. The van der Waals surface area contributed by atoms with E-state index in [1.807, 2.05) is 6.08 Å². The van der Waals surface area contributed by atoms with Crippen LogP contribution >= 0.6 is 0 Å². The van der Waals surface area contributed by atoms with Gasteiger partial charge < -0.3 is 0 Å². The molecule has 0 spiro atoms. The molecule has 2 rings (SSSR count). The summed E-state index contributed by atoms with van der Waals surface area (Å²) in [5.74, 6) is -0.224. The Morgan fingerprint density at radius 3 is 2.62 bits per heavy atom. The van der Waals surface area contributed by atoms with E-state index in [2.05, 4.69) is 9.91 Å². The summed E-state index contributed by atoms with van der Waals surface area (Å²) < 4.78 is 16.3. The molecule has 1 aromatic rings. The number of allylic oxidation sites excluding steroid dienone is 5. The SMILES string of the molecule is O=C/C=C/[C]1=C(c2ccc(F)cc2)C=[CH][In]1.